The predicted octanol–water partition coefficient (Wildman–Crippen LogP) is 2.99. The van der Waals surface area contributed by atoms with Crippen LogP contribution in [0.25, 0.3) is 10.9 Å². The largest absolute Gasteiger partial charge is 0.337 e. The summed E-state index contributed by atoms with van der Waals surface area (Å²) in [5.74, 6) is -0.0691. The molecule has 3 aromatic rings. The van der Waals surface area contributed by atoms with Crippen LogP contribution in [0.4, 0.5) is 0 Å². The number of rotatable bonds is 2. The number of piperidine rings is 1. The maximum absolute atomic E-state index is 12.9. The Morgan fingerprint density at radius 3 is 3.00 bits per heavy atom. The summed E-state index contributed by atoms with van der Waals surface area (Å²) in [6.45, 7) is 1.19. The molecule has 0 aliphatic carbocycles. The molecule has 0 unspecified atom stereocenters. The SMILES string of the molecule is O=C(c1ccc2cccc(Cl)c2n1)N1CCC[C@H](c2cc(=O)[nH]cn2)C1. The van der Waals surface area contributed by atoms with E-state index in [1.54, 1.807) is 17.0 Å². The highest BCUT2D eigenvalue weighted by molar-refractivity contribution is 6.35. The second-order valence-corrected chi connectivity index (χ2v) is 6.84. The first-order chi connectivity index (χ1) is 12.6. The number of hydrogen-bond donors (Lipinski definition) is 1. The van der Waals surface area contributed by atoms with E-state index in [1.165, 1.54) is 12.4 Å². The number of aromatic amines is 1. The molecule has 4 rings (SSSR count). The third kappa shape index (κ3) is 3.20. The molecule has 1 aliphatic heterocycles. The number of fused-ring (bicyclic) bond motifs is 1. The number of benzene rings is 1. The molecule has 0 saturated carbocycles. The average Bonchev–Trinajstić information content (AvgIpc) is 2.68. The second kappa shape index (κ2) is 6.88. The van der Waals surface area contributed by atoms with E-state index in [4.69, 9.17) is 11.6 Å². The van der Waals surface area contributed by atoms with E-state index < -0.39 is 0 Å². The van der Waals surface area contributed by atoms with Crippen LogP contribution in [0.3, 0.4) is 0 Å². The molecule has 1 amide bonds. The van der Waals surface area contributed by atoms with E-state index >= 15 is 0 Å². The van der Waals surface area contributed by atoms with Gasteiger partial charge in [-0.3, -0.25) is 9.59 Å². The van der Waals surface area contributed by atoms with Gasteiger partial charge in [-0.2, -0.15) is 0 Å². The van der Waals surface area contributed by atoms with Crippen molar-refractivity contribution in [1.29, 1.82) is 0 Å². The third-order valence-corrected chi connectivity index (χ3v) is 5.02. The Morgan fingerprint density at radius 1 is 1.27 bits per heavy atom. The minimum absolute atomic E-state index is 0.0547. The molecular weight excluding hydrogens is 352 g/mol. The summed E-state index contributed by atoms with van der Waals surface area (Å²) in [5.41, 5.74) is 1.56. The van der Waals surface area contributed by atoms with Crippen LogP contribution >= 0.6 is 11.6 Å². The molecule has 1 aromatic carbocycles. The minimum atomic E-state index is -0.177. The van der Waals surface area contributed by atoms with Gasteiger partial charge in [0.1, 0.15) is 5.69 Å². The van der Waals surface area contributed by atoms with Gasteiger partial charge in [0.15, 0.2) is 0 Å². The molecule has 6 nitrogen and oxygen atoms in total. The van der Waals surface area contributed by atoms with Crippen LogP contribution in [0, 0.1) is 0 Å². The van der Waals surface area contributed by atoms with Crippen LogP contribution in [-0.4, -0.2) is 38.8 Å². The first kappa shape index (κ1) is 16.7. The van der Waals surface area contributed by atoms with E-state index in [0.717, 1.165) is 23.9 Å². The van der Waals surface area contributed by atoms with Crippen LogP contribution < -0.4 is 5.56 Å². The molecular formula is C19H17ClN4O2. The van der Waals surface area contributed by atoms with E-state index in [0.29, 0.717) is 29.3 Å². The molecule has 0 radical (unpaired) electrons. The zero-order chi connectivity index (χ0) is 18.1. The molecule has 3 heterocycles. The van der Waals surface area contributed by atoms with Crippen molar-refractivity contribution in [3.63, 3.8) is 0 Å². The van der Waals surface area contributed by atoms with Gasteiger partial charge in [0.2, 0.25) is 0 Å². The first-order valence-electron chi connectivity index (χ1n) is 8.51. The number of pyridine rings is 1. The van der Waals surface area contributed by atoms with Gasteiger partial charge in [-0.1, -0.05) is 29.8 Å². The number of para-hydroxylation sites is 1. The number of hydrogen-bond acceptors (Lipinski definition) is 4. The van der Waals surface area contributed by atoms with Crippen molar-refractivity contribution in [1.82, 2.24) is 19.9 Å². The number of carbonyl (C=O) groups excluding carboxylic acids is 1. The van der Waals surface area contributed by atoms with Crippen LogP contribution in [-0.2, 0) is 0 Å². The standard InChI is InChI=1S/C19H17ClN4O2/c20-14-5-1-3-12-6-7-15(23-18(12)14)19(26)24-8-2-4-13(10-24)16-9-17(25)22-11-21-16/h1,3,5-7,9,11,13H,2,4,8,10H2,(H,21,22,25)/t13-/m0/s1. The number of halogens is 1. The van der Waals surface area contributed by atoms with Crippen molar-refractivity contribution in [2.75, 3.05) is 13.1 Å². The molecule has 0 bridgehead atoms. The molecule has 1 fully saturated rings. The highest BCUT2D eigenvalue weighted by Gasteiger charge is 2.27. The lowest BCUT2D eigenvalue weighted by Gasteiger charge is -2.32. The zero-order valence-corrected chi connectivity index (χ0v) is 14.7. The quantitative estimate of drug-likeness (QED) is 0.754. The Kier molecular flexibility index (Phi) is 4.42. The fourth-order valence-electron chi connectivity index (χ4n) is 3.40. The van der Waals surface area contributed by atoms with Crippen LogP contribution in [0.5, 0.6) is 0 Å². The van der Waals surface area contributed by atoms with Crippen molar-refractivity contribution < 1.29 is 4.79 Å². The van der Waals surface area contributed by atoms with Gasteiger partial charge in [-0.05, 0) is 25.0 Å². The summed E-state index contributed by atoms with van der Waals surface area (Å²) in [6.07, 6.45) is 3.17. The topological polar surface area (TPSA) is 79.0 Å². The second-order valence-electron chi connectivity index (χ2n) is 6.43. The smallest absolute Gasteiger partial charge is 0.272 e. The molecule has 2 aromatic heterocycles. The first-order valence-corrected chi connectivity index (χ1v) is 8.89. The van der Waals surface area contributed by atoms with Gasteiger partial charge in [-0.25, -0.2) is 9.97 Å². The summed E-state index contributed by atoms with van der Waals surface area (Å²) >= 11 is 6.21. The third-order valence-electron chi connectivity index (χ3n) is 4.72. The fraction of sp³-hybridized carbons (Fsp3) is 0.263. The van der Waals surface area contributed by atoms with Gasteiger partial charge in [0.05, 0.1) is 22.6 Å². The minimum Gasteiger partial charge on any atom is -0.337 e. The monoisotopic (exact) mass is 368 g/mol. The number of likely N-dealkylation sites (tertiary alicyclic amines) is 1. The molecule has 26 heavy (non-hydrogen) atoms. The normalized spacial score (nSPS) is 17.4. The van der Waals surface area contributed by atoms with E-state index in [9.17, 15) is 9.59 Å². The van der Waals surface area contributed by atoms with Gasteiger partial charge in [0.25, 0.3) is 11.5 Å². The molecule has 1 atom stereocenters. The Bertz CT molecular complexity index is 1030. The van der Waals surface area contributed by atoms with E-state index in [-0.39, 0.29) is 17.4 Å². The maximum Gasteiger partial charge on any atom is 0.272 e. The van der Waals surface area contributed by atoms with Crippen molar-refractivity contribution in [2.24, 2.45) is 0 Å². The zero-order valence-electron chi connectivity index (χ0n) is 14.0. The van der Waals surface area contributed by atoms with Gasteiger partial charge < -0.3 is 9.88 Å². The van der Waals surface area contributed by atoms with E-state index in [2.05, 4.69) is 15.0 Å². The van der Waals surface area contributed by atoms with Crippen molar-refractivity contribution in [3.8, 4) is 0 Å². The average molecular weight is 369 g/mol. The molecule has 0 spiro atoms. The maximum atomic E-state index is 12.9. The lowest BCUT2D eigenvalue weighted by Crippen LogP contribution is -2.39. The fourth-order valence-corrected chi connectivity index (χ4v) is 3.63. The molecule has 1 saturated heterocycles. The predicted molar refractivity (Wildman–Crippen MR) is 99.5 cm³/mol. The van der Waals surface area contributed by atoms with E-state index in [1.807, 2.05) is 18.2 Å². The molecule has 7 heteroatoms. The number of amides is 1. The molecule has 132 valence electrons. The highest BCUT2D eigenvalue weighted by atomic mass is 35.5. The van der Waals surface area contributed by atoms with Gasteiger partial charge in [0, 0.05) is 30.5 Å². The van der Waals surface area contributed by atoms with Crippen LogP contribution in [0.1, 0.15) is 34.9 Å². The number of nitrogens with zero attached hydrogens (tertiary/aromatic N) is 3. The summed E-state index contributed by atoms with van der Waals surface area (Å²) in [5, 5.41) is 1.43. The van der Waals surface area contributed by atoms with Crippen LogP contribution in [0.2, 0.25) is 5.02 Å². The lowest BCUT2D eigenvalue weighted by molar-refractivity contribution is 0.0700. The summed E-state index contributed by atoms with van der Waals surface area (Å²) in [4.78, 5) is 37.5. The Hall–Kier alpha value is -2.73. The summed E-state index contributed by atoms with van der Waals surface area (Å²) in [7, 11) is 0. The highest BCUT2D eigenvalue weighted by Crippen LogP contribution is 2.26. The van der Waals surface area contributed by atoms with Crippen molar-refractivity contribution in [2.45, 2.75) is 18.8 Å². The Labute approximate surface area is 154 Å². The van der Waals surface area contributed by atoms with Crippen molar-refractivity contribution in [3.05, 3.63) is 69.5 Å². The van der Waals surface area contributed by atoms with Gasteiger partial charge in [-0.15, -0.1) is 0 Å². The van der Waals surface area contributed by atoms with Crippen LogP contribution in [0.15, 0.2) is 47.5 Å². The summed E-state index contributed by atoms with van der Waals surface area (Å²) in [6, 6.07) is 10.6. The molecule has 1 aliphatic rings. The number of aromatic nitrogens is 3. The number of nitrogens with one attached hydrogen (secondary N) is 1. The summed E-state index contributed by atoms with van der Waals surface area (Å²) < 4.78 is 0. The lowest BCUT2D eigenvalue weighted by atomic mass is 9.94. The number of H-pyrrole nitrogens is 1. The Morgan fingerprint density at radius 2 is 2.15 bits per heavy atom. The Balaban J connectivity index is 1.59. The molecule has 1 N–H and O–H groups in total. The number of carbonyl (C=O) groups is 1. The van der Waals surface area contributed by atoms with Crippen molar-refractivity contribution >= 4 is 28.4 Å². The van der Waals surface area contributed by atoms with Gasteiger partial charge >= 0.3 is 0 Å².